The van der Waals surface area contributed by atoms with Crippen molar-refractivity contribution in [2.75, 3.05) is 34.9 Å². The number of hydrogen-bond donors (Lipinski definition) is 0. The van der Waals surface area contributed by atoms with Crippen LogP contribution in [0.4, 0.5) is 0 Å². The van der Waals surface area contributed by atoms with Crippen LogP contribution in [-0.4, -0.2) is 39.8 Å². The van der Waals surface area contributed by atoms with E-state index in [-0.39, 0.29) is 6.04 Å². The summed E-state index contributed by atoms with van der Waals surface area (Å²) in [6, 6.07) is 20.7. The Morgan fingerprint density at radius 2 is 1.53 bits per heavy atom. The van der Waals surface area contributed by atoms with Crippen LogP contribution in [0.2, 0.25) is 0 Å². The highest BCUT2D eigenvalue weighted by Gasteiger charge is 2.30. The van der Waals surface area contributed by atoms with Crippen molar-refractivity contribution in [3.63, 3.8) is 0 Å². The molecule has 1 aliphatic rings. The van der Waals surface area contributed by atoms with Gasteiger partial charge in [0, 0.05) is 18.2 Å². The molecular formula is C27H31NO4. The van der Waals surface area contributed by atoms with Crippen LogP contribution >= 0.6 is 0 Å². The quantitative estimate of drug-likeness (QED) is 0.496. The molecule has 5 heteroatoms. The zero-order valence-corrected chi connectivity index (χ0v) is 19.3. The monoisotopic (exact) mass is 433 g/mol. The Hall–Kier alpha value is -3.18. The van der Waals surface area contributed by atoms with Crippen LogP contribution in [0.25, 0.3) is 0 Å². The third-order valence-electron chi connectivity index (χ3n) is 6.17. The predicted octanol–water partition coefficient (Wildman–Crippen LogP) is 5.06. The van der Waals surface area contributed by atoms with E-state index in [0.717, 1.165) is 47.9 Å². The van der Waals surface area contributed by atoms with Crippen molar-refractivity contribution in [1.29, 1.82) is 0 Å². The van der Waals surface area contributed by atoms with E-state index >= 15 is 0 Å². The largest absolute Gasteiger partial charge is 0.493 e. The van der Waals surface area contributed by atoms with Crippen LogP contribution in [0, 0.1) is 0 Å². The number of ether oxygens (including phenoxy) is 4. The molecule has 1 unspecified atom stereocenters. The van der Waals surface area contributed by atoms with Gasteiger partial charge in [-0.3, -0.25) is 4.90 Å². The molecule has 0 saturated carbocycles. The highest BCUT2D eigenvalue weighted by Crippen LogP contribution is 2.44. The van der Waals surface area contributed by atoms with Crippen LogP contribution in [-0.2, 0) is 19.4 Å². The van der Waals surface area contributed by atoms with Gasteiger partial charge in [-0.1, -0.05) is 42.5 Å². The molecule has 4 rings (SSSR count). The Morgan fingerprint density at radius 3 is 2.25 bits per heavy atom. The molecule has 1 atom stereocenters. The van der Waals surface area contributed by atoms with E-state index in [1.807, 2.05) is 30.3 Å². The summed E-state index contributed by atoms with van der Waals surface area (Å²) in [4.78, 5) is 2.40. The minimum absolute atomic E-state index is 0.165. The van der Waals surface area contributed by atoms with Crippen molar-refractivity contribution >= 4 is 0 Å². The summed E-state index contributed by atoms with van der Waals surface area (Å²) in [6.45, 7) is 1.50. The number of nitrogens with zero attached hydrogens (tertiary/aromatic N) is 1. The molecule has 0 amide bonds. The van der Waals surface area contributed by atoms with Gasteiger partial charge in [0.1, 0.15) is 6.61 Å². The Bertz CT molecular complexity index is 1050. The molecule has 5 nitrogen and oxygen atoms in total. The molecule has 168 valence electrons. The number of fused-ring (bicyclic) bond motifs is 1. The highest BCUT2D eigenvalue weighted by molar-refractivity contribution is 5.54. The molecular weight excluding hydrogens is 402 g/mol. The molecule has 0 radical (unpaired) electrons. The van der Waals surface area contributed by atoms with Crippen molar-refractivity contribution < 1.29 is 18.9 Å². The first kappa shape index (κ1) is 22.0. The van der Waals surface area contributed by atoms with E-state index < -0.39 is 0 Å². The normalized spacial score (nSPS) is 15.7. The average molecular weight is 434 g/mol. The van der Waals surface area contributed by atoms with Crippen molar-refractivity contribution in [3.05, 3.63) is 82.9 Å². The molecule has 3 aromatic rings. The third-order valence-corrected chi connectivity index (χ3v) is 6.17. The van der Waals surface area contributed by atoms with Crippen molar-refractivity contribution in [2.45, 2.75) is 25.5 Å². The van der Waals surface area contributed by atoms with E-state index in [4.69, 9.17) is 18.9 Å². The molecule has 0 N–H and O–H groups in total. The van der Waals surface area contributed by atoms with Gasteiger partial charge in [-0.15, -0.1) is 0 Å². The maximum absolute atomic E-state index is 6.41. The fourth-order valence-electron chi connectivity index (χ4n) is 4.40. The first-order valence-electron chi connectivity index (χ1n) is 10.9. The average Bonchev–Trinajstić information content (AvgIpc) is 2.84. The minimum Gasteiger partial charge on any atom is -0.493 e. The first-order chi connectivity index (χ1) is 15.6. The standard InChI is InChI=1S/C27H31NO4/c1-28-15-14-21-11-13-24(30-3)27(32-18-19-8-6-5-7-9-19)26(21)22(28)16-20-10-12-23(29-2)25(17-20)31-4/h5-13,17,22H,14-16,18H2,1-4H3. The smallest absolute Gasteiger partial charge is 0.166 e. The molecule has 1 aliphatic heterocycles. The molecule has 0 aliphatic carbocycles. The van der Waals surface area contributed by atoms with E-state index in [9.17, 15) is 0 Å². The summed E-state index contributed by atoms with van der Waals surface area (Å²) in [6.07, 6.45) is 1.82. The highest BCUT2D eigenvalue weighted by atomic mass is 16.5. The number of benzene rings is 3. The minimum atomic E-state index is 0.165. The second-order valence-corrected chi connectivity index (χ2v) is 8.08. The topological polar surface area (TPSA) is 40.2 Å². The maximum Gasteiger partial charge on any atom is 0.166 e. The van der Waals surface area contributed by atoms with Crippen molar-refractivity contribution in [2.24, 2.45) is 0 Å². The molecule has 0 saturated heterocycles. The second kappa shape index (κ2) is 9.96. The molecule has 0 aromatic heterocycles. The van der Waals surface area contributed by atoms with Crippen LogP contribution < -0.4 is 18.9 Å². The Balaban J connectivity index is 1.70. The molecule has 0 fully saturated rings. The number of rotatable bonds is 8. The van der Waals surface area contributed by atoms with E-state index in [1.165, 1.54) is 16.7 Å². The van der Waals surface area contributed by atoms with Crippen molar-refractivity contribution in [3.8, 4) is 23.0 Å². The first-order valence-corrected chi connectivity index (χ1v) is 10.9. The van der Waals surface area contributed by atoms with Crippen LogP contribution in [0.1, 0.15) is 28.3 Å². The van der Waals surface area contributed by atoms with E-state index in [2.05, 4.69) is 42.3 Å². The molecule has 3 aromatic carbocycles. The molecule has 1 heterocycles. The maximum atomic E-state index is 6.41. The fraction of sp³-hybridized carbons (Fsp3) is 0.333. The second-order valence-electron chi connectivity index (χ2n) is 8.08. The summed E-state index contributed by atoms with van der Waals surface area (Å²) >= 11 is 0. The van der Waals surface area contributed by atoms with Crippen LogP contribution in [0.3, 0.4) is 0 Å². The number of hydrogen-bond acceptors (Lipinski definition) is 5. The Kier molecular flexibility index (Phi) is 6.86. The van der Waals surface area contributed by atoms with Gasteiger partial charge in [-0.2, -0.15) is 0 Å². The van der Waals surface area contributed by atoms with Crippen molar-refractivity contribution in [1.82, 2.24) is 4.90 Å². The van der Waals surface area contributed by atoms with Gasteiger partial charge in [-0.25, -0.2) is 0 Å². The van der Waals surface area contributed by atoms with Gasteiger partial charge >= 0.3 is 0 Å². The lowest BCUT2D eigenvalue weighted by atomic mass is 9.88. The van der Waals surface area contributed by atoms with Gasteiger partial charge in [0.2, 0.25) is 0 Å². The Labute approximate surface area is 190 Å². The molecule has 32 heavy (non-hydrogen) atoms. The van der Waals surface area contributed by atoms with E-state index in [0.29, 0.717) is 6.61 Å². The summed E-state index contributed by atoms with van der Waals surface area (Å²) in [5.74, 6) is 3.09. The van der Waals surface area contributed by atoms with Gasteiger partial charge in [0.05, 0.1) is 21.3 Å². The summed E-state index contributed by atoms with van der Waals surface area (Å²) in [5, 5.41) is 0. The van der Waals surface area contributed by atoms with Gasteiger partial charge in [0.15, 0.2) is 23.0 Å². The van der Waals surface area contributed by atoms with Gasteiger partial charge < -0.3 is 18.9 Å². The van der Waals surface area contributed by atoms with Gasteiger partial charge in [0.25, 0.3) is 0 Å². The summed E-state index contributed by atoms with van der Waals surface area (Å²) < 4.78 is 23.1. The number of likely N-dealkylation sites (N-methyl/N-ethyl adjacent to an activating group) is 1. The molecule has 0 bridgehead atoms. The van der Waals surface area contributed by atoms with E-state index in [1.54, 1.807) is 21.3 Å². The van der Waals surface area contributed by atoms with Crippen LogP contribution in [0.15, 0.2) is 60.7 Å². The van der Waals surface area contributed by atoms with Crippen LogP contribution in [0.5, 0.6) is 23.0 Å². The lowest BCUT2D eigenvalue weighted by Gasteiger charge is -2.36. The summed E-state index contributed by atoms with van der Waals surface area (Å²) in [7, 11) is 7.21. The molecule has 0 spiro atoms. The third kappa shape index (κ3) is 4.53. The zero-order valence-electron chi connectivity index (χ0n) is 19.3. The lowest BCUT2D eigenvalue weighted by molar-refractivity contribution is 0.212. The van der Waals surface area contributed by atoms with Gasteiger partial charge in [-0.05, 0) is 54.8 Å². The Morgan fingerprint density at radius 1 is 0.812 bits per heavy atom. The fourth-order valence-corrected chi connectivity index (χ4v) is 4.40. The predicted molar refractivity (Wildman–Crippen MR) is 126 cm³/mol. The number of methoxy groups -OCH3 is 3. The SMILES string of the molecule is COc1ccc(CC2c3c(ccc(OC)c3OCc3ccccc3)CCN2C)cc1OC. The summed E-state index contributed by atoms with van der Waals surface area (Å²) in [5.41, 5.74) is 4.85. The lowest BCUT2D eigenvalue weighted by Crippen LogP contribution is -2.34. The zero-order chi connectivity index (χ0) is 22.5.